The van der Waals surface area contributed by atoms with Crippen LogP contribution in [0.15, 0.2) is 94.6 Å². The third kappa shape index (κ3) is 6.38. The molecule has 0 spiro atoms. The number of rotatable bonds is 7. The quantitative estimate of drug-likeness (QED) is 0.146. The summed E-state index contributed by atoms with van der Waals surface area (Å²) >= 11 is 9.49. The summed E-state index contributed by atoms with van der Waals surface area (Å²) in [5.74, 6) is 2.90. The van der Waals surface area contributed by atoms with Gasteiger partial charge in [0, 0.05) is 33.6 Å². The number of aromatic hydroxyl groups is 1. The number of nitrogens with zero attached hydrogens (tertiary/aromatic N) is 7. The van der Waals surface area contributed by atoms with Crippen molar-refractivity contribution in [2.45, 2.75) is 6.54 Å². The van der Waals surface area contributed by atoms with Gasteiger partial charge in [0.2, 0.25) is 0 Å². The number of anilines is 2. The fourth-order valence-corrected chi connectivity index (χ4v) is 6.10. The van der Waals surface area contributed by atoms with E-state index in [2.05, 4.69) is 40.5 Å². The second-order valence-electron chi connectivity index (χ2n) is 9.97. The van der Waals surface area contributed by atoms with Crippen molar-refractivity contribution in [1.29, 1.82) is 0 Å². The number of thiophene rings is 2. The number of H-pyrrole nitrogens is 1. The van der Waals surface area contributed by atoms with Gasteiger partial charge in [-0.3, -0.25) is 9.78 Å². The zero-order valence-corrected chi connectivity index (χ0v) is 26.5. The first-order chi connectivity index (χ1) is 22.5. The number of benzene rings is 2. The van der Waals surface area contributed by atoms with Crippen LogP contribution in [0.2, 0.25) is 5.15 Å². The third-order valence-electron chi connectivity index (χ3n) is 6.84. The highest BCUT2D eigenvalue weighted by Gasteiger charge is 2.13. The summed E-state index contributed by atoms with van der Waals surface area (Å²) in [7, 11) is 1.65. The van der Waals surface area contributed by atoms with Crippen LogP contribution >= 0.6 is 34.3 Å². The monoisotopic (exact) mass is 665 g/mol. The highest BCUT2D eigenvalue weighted by molar-refractivity contribution is 7.08. The van der Waals surface area contributed by atoms with E-state index in [1.165, 1.54) is 0 Å². The molecule has 2 aromatic carbocycles. The van der Waals surface area contributed by atoms with Gasteiger partial charge in [-0.25, -0.2) is 19.9 Å². The average Bonchev–Trinajstić information content (AvgIpc) is 3.89. The van der Waals surface area contributed by atoms with Crippen molar-refractivity contribution in [2.75, 3.05) is 12.4 Å². The van der Waals surface area contributed by atoms with Crippen LogP contribution in [0.25, 0.3) is 44.8 Å². The standard InChI is InChI=1S/C17H13ClN4OS.C15H11N5OS/c1-23-13-4-2-11(3-5-13)8-22-9-14-15(21-22)16(18)20-17(19-14)12-6-7-24-10-12;21-11-3-1-2-10(6-11)17-15-13-12(7-16-20-13)18-14(19-15)9-4-5-22-8-9/h2-7,9-10H,8H2,1H3;1-8,21H,(H,16,20)(H,17,18,19). The summed E-state index contributed by atoms with van der Waals surface area (Å²) in [4.78, 5) is 18.0. The summed E-state index contributed by atoms with van der Waals surface area (Å²) in [6, 6.07) is 18.7. The van der Waals surface area contributed by atoms with E-state index >= 15 is 0 Å². The van der Waals surface area contributed by atoms with Crippen LogP contribution in [-0.4, -0.2) is 52.1 Å². The predicted octanol–water partition coefficient (Wildman–Crippen LogP) is 7.80. The molecule has 0 unspecified atom stereocenters. The van der Waals surface area contributed by atoms with Crippen LogP contribution in [0, 0.1) is 0 Å². The molecule has 0 fully saturated rings. The van der Waals surface area contributed by atoms with Crippen molar-refractivity contribution in [3.05, 3.63) is 105 Å². The van der Waals surface area contributed by atoms with Crippen molar-refractivity contribution in [3.63, 3.8) is 0 Å². The molecule has 0 amide bonds. The number of ether oxygens (including phenoxy) is 1. The van der Waals surface area contributed by atoms with Gasteiger partial charge >= 0.3 is 0 Å². The number of fused-ring (bicyclic) bond motifs is 2. The summed E-state index contributed by atoms with van der Waals surface area (Å²) in [6.45, 7) is 0.629. The Morgan fingerprint density at radius 1 is 0.913 bits per heavy atom. The molecule has 3 N–H and O–H groups in total. The molecule has 11 nitrogen and oxygen atoms in total. The zero-order valence-electron chi connectivity index (χ0n) is 24.1. The Morgan fingerprint density at radius 2 is 1.65 bits per heavy atom. The molecule has 0 aliphatic heterocycles. The molecule has 0 bridgehead atoms. The Kier molecular flexibility index (Phi) is 8.25. The lowest BCUT2D eigenvalue weighted by atomic mass is 10.2. The average molecular weight is 666 g/mol. The molecule has 8 aromatic rings. The van der Waals surface area contributed by atoms with Crippen LogP contribution in [0.1, 0.15) is 5.56 Å². The molecule has 0 atom stereocenters. The van der Waals surface area contributed by atoms with Crippen molar-refractivity contribution < 1.29 is 9.84 Å². The number of hydrogen-bond acceptors (Lipinski definition) is 11. The van der Waals surface area contributed by atoms with Gasteiger partial charge in [0.25, 0.3) is 0 Å². The number of methoxy groups -OCH3 is 1. The topological polar surface area (TPSA) is 140 Å². The van der Waals surface area contributed by atoms with Gasteiger partial charge in [-0.2, -0.15) is 32.9 Å². The zero-order chi connectivity index (χ0) is 31.5. The minimum Gasteiger partial charge on any atom is -0.508 e. The lowest BCUT2D eigenvalue weighted by molar-refractivity contribution is 0.414. The highest BCUT2D eigenvalue weighted by Crippen LogP contribution is 2.28. The van der Waals surface area contributed by atoms with E-state index in [1.807, 2.05) is 74.9 Å². The molecule has 6 heterocycles. The van der Waals surface area contributed by atoms with Gasteiger partial charge in [-0.05, 0) is 52.7 Å². The fraction of sp³-hybridized carbons (Fsp3) is 0.0625. The Balaban J connectivity index is 0.000000147. The first-order valence-corrected chi connectivity index (χ1v) is 16.1. The summed E-state index contributed by atoms with van der Waals surface area (Å²) in [5.41, 5.74) is 6.60. The molecular weight excluding hydrogens is 642 g/mol. The Morgan fingerprint density at radius 3 is 2.35 bits per heavy atom. The largest absolute Gasteiger partial charge is 0.508 e. The van der Waals surface area contributed by atoms with Crippen molar-refractivity contribution in [2.24, 2.45) is 0 Å². The van der Waals surface area contributed by atoms with Crippen LogP contribution < -0.4 is 10.1 Å². The predicted molar refractivity (Wildman–Crippen MR) is 182 cm³/mol. The molecule has 0 aliphatic carbocycles. The molecule has 0 radical (unpaired) electrons. The molecule has 0 saturated heterocycles. The van der Waals surface area contributed by atoms with Crippen molar-refractivity contribution in [1.82, 2.24) is 39.9 Å². The Hall–Kier alpha value is -5.37. The summed E-state index contributed by atoms with van der Waals surface area (Å²) < 4.78 is 7.00. The van der Waals surface area contributed by atoms with E-state index < -0.39 is 0 Å². The van der Waals surface area contributed by atoms with E-state index in [0.717, 1.165) is 44.7 Å². The highest BCUT2D eigenvalue weighted by atomic mass is 35.5. The summed E-state index contributed by atoms with van der Waals surface area (Å²) in [5, 5.41) is 32.6. The van der Waals surface area contributed by atoms with Crippen molar-refractivity contribution in [3.8, 4) is 34.3 Å². The van der Waals surface area contributed by atoms with Crippen LogP contribution in [0.3, 0.4) is 0 Å². The Labute approximate surface area is 275 Å². The number of aromatic amines is 1. The summed E-state index contributed by atoms with van der Waals surface area (Å²) in [6.07, 6.45) is 3.56. The normalized spacial score (nSPS) is 11.0. The van der Waals surface area contributed by atoms with Crippen LogP contribution in [0.4, 0.5) is 11.5 Å². The minimum atomic E-state index is 0.193. The maximum absolute atomic E-state index is 9.58. The van der Waals surface area contributed by atoms with Gasteiger partial charge in [-0.1, -0.05) is 29.8 Å². The van der Waals surface area contributed by atoms with Gasteiger partial charge in [0.1, 0.15) is 33.6 Å². The first-order valence-electron chi connectivity index (χ1n) is 13.9. The number of phenols is 1. The van der Waals surface area contributed by atoms with Crippen LogP contribution in [-0.2, 0) is 6.54 Å². The first kappa shape index (κ1) is 29.3. The second-order valence-corrected chi connectivity index (χ2v) is 11.9. The maximum Gasteiger partial charge on any atom is 0.163 e. The SMILES string of the molecule is COc1ccc(Cn2cc3nc(-c4ccsc4)nc(Cl)c3n2)cc1.Oc1cccc(Nc2nc(-c3ccsc3)nc3cn[nH]c23)c1. The maximum atomic E-state index is 9.58. The third-order valence-corrected chi connectivity index (χ3v) is 8.47. The molecule has 6 aromatic heterocycles. The second kappa shape index (κ2) is 12.9. The number of phenolic OH excluding ortho intramolecular Hbond substituents is 1. The van der Waals surface area contributed by atoms with E-state index in [1.54, 1.807) is 54.2 Å². The van der Waals surface area contributed by atoms with Crippen molar-refractivity contribution >= 4 is 67.8 Å². The molecule has 228 valence electrons. The molecule has 14 heteroatoms. The molecule has 0 saturated carbocycles. The fourth-order valence-electron chi connectivity index (χ4n) is 4.62. The van der Waals surface area contributed by atoms with Gasteiger partial charge in [-0.15, -0.1) is 0 Å². The van der Waals surface area contributed by atoms with E-state index in [9.17, 15) is 5.11 Å². The van der Waals surface area contributed by atoms with E-state index in [0.29, 0.717) is 34.7 Å². The number of nitrogens with one attached hydrogen (secondary N) is 2. The lowest BCUT2D eigenvalue weighted by Crippen LogP contribution is -1.99. The van der Waals surface area contributed by atoms with Gasteiger partial charge in [0.15, 0.2) is 22.6 Å². The molecular formula is C32H24ClN9O2S2. The van der Waals surface area contributed by atoms with Gasteiger partial charge < -0.3 is 15.2 Å². The smallest absolute Gasteiger partial charge is 0.163 e. The minimum absolute atomic E-state index is 0.193. The van der Waals surface area contributed by atoms with E-state index in [4.69, 9.17) is 16.3 Å². The number of hydrogen-bond donors (Lipinski definition) is 3. The Bertz CT molecular complexity index is 2230. The molecule has 46 heavy (non-hydrogen) atoms. The molecule has 8 rings (SSSR count). The van der Waals surface area contributed by atoms with E-state index in [-0.39, 0.29) is 5.75 Å². The van der Waals surface area contributed by atoms with Crippen LogP contribution in [0.5, 0.6) is 11.5 Å². The molecule has 0 aliphatic rings. The lowest BCUT2D eigenvalue weighted by Gasteiger charge is -2.08. The van der Waals surface area contributed by atoms with Gasteiger partial charge in [0.05, 0.1) is 26.0 Å². The number of halogens is 1. The number of aromatic nitrogens is 8.